The van der Waals surface area contributed by atoms with Gasteiger partial charge in [0.25, 0.3) is 0 Å². The number of benzene rings is 1. The van der Waals surface area contributed by atoms with Crippen molar-refractivity contribution in [3.05, 3.63) is 29.8 Å². The summed E-state index contributed by atoms with van der Waals surface area (Å²) in [6.07, 6.45) is 4.50. The predicted octanol–water partition coefficient (Wildman–Crippen LogP) is 2.86. The molecule has 0 atom stereocenters. The van der Waals surface area contributed by atoms with Gasteiger partial charge in [-0.15, -0.1) is 0 Å². The van der Waals surface area contributed by atoms with Crippen molar-refractivity contribution >= 4 is 11.6 Å². The van der Waals surface area contributed by atoms with Gasteiger partial charge in [0.1, 0.15) is 0 Å². The van der Waals surface area contributed by atoms with Gasteiger partial charge in [0, 0.05) is 18.2 Å². The molecule has 0 saturated carbocycles. The minimum atomic E-state index is 0.159. The molecule has 1 aromatic rings. The highest BCUT2D eigenvalue weighted by molar-refractivity contribution is 5.92. The maximum atomic E-state index is 12.3. The zero-order valence-electron chi connectivity index (χ0n) is 14.2. The normalized spacial score (nSPS) is 21.3. The van der Waals surface area contributed by atoms with Crippen LogP contribution >= 0.6 is 0 Å². The van der Waals surface area contributed by atoms with Crippen molar-refractivity contribution in [3.63, 3.8) is 0 Å². The van der Waals surface area contributed by atoms with Crippen molar-refractivity contribution in [2.45, 2.75) is 39.2 Å². The fourth-order valence-electron chi connectivity index (χ4n) is 3.50. The molecule has 2 N–H and O–H groups in total. The summed E-state index contributed by atoms with van der Waals surface area (Å²) >= 11 is 0. The van der Waals surface area contributed by atoms with Gasteiger partial charge in [0.15, 0.2) is 0 Å². The number of carbonyl (C=O) groups excluding carboxylic acids is 1. The predicted molar refractivity (Wildman–Crippen MR) is 94.3 cm³/mol. The van der Waals surface area contributed by atoms with Gasteiger partial charge < -0.3 is 10.6 Å². The highest BCUT2D eigenvalue weighted by Gasteiger charge is 2.21. The van der Waals surface area contributed by atoms with Crippen LogP contribution in [0.3, 0.4) is 0 Å². The molecule has 4 heteroatoms. The first-order valence-corrected chi connectivity index (χ1v) is 9.03. The molecular weight excluding hydrogens is 286 g/mol. The fourth-order valence-corrected chi connectivity index (χ4v) is 3.50. The Morgan fingerprint density at radius 1 is 1.13 bits per heavy atom. The van der Waals surface area contributed by atoms with Gasteiger partial charge in [-0.3, -0.25) is 9.69 Å². The standard InChI is InChI=1S/C19H29N3O/c1-15-8-12-22(13-9-15)14-16-2-4-18(5-3-16)21-19(23)17-6-10-20-11-7-17/h2-5,15,17,20H,6-14H2,1H3,(H,21,23). The summed E-state index contributed by atoms with van der Waals surface area (Å²) in [5.74, 6) is 1.20. The molecule has 2 heterocycles. The van der Waals surface area contributed by atoms with Gasteiger partial charge in [-0.05, 0) is 75.5 Å². The molecular formula is C19H29N3O. The van der Waals surface area contributed by atoms with Crippen LogP contribution in [0, 0.1) is 11.8 Å². The van der Waals surface area contributed by atoms with Crippen LogP contribution in [-0.4, -0.2) is 37.0 Å². The summed E-state index contributed by atoms with van der Waals surface area (Å²) in [4.78, 5) is 14.8. The van der Waals surface area contributed by atoms with Gasteiger partial charge in [-0.2, -0.15) is 0 Å². The summed E-state index contributed by atoms with van der Waals surface area (Å²) < 4.78 is 0. The van der Waals surface area contributed by atoms with Crippen molar-refractivity contribution in [2.24, 2.45) is 11.8 Å². The van der Waals surface area contributed by atoms with Crippen LogP contribution < -0.4 is 10.6 Å². The number of hydrogen-bond donors (Lipinski definition) is 2. The molecule has 4 nitrogen and oxygen atoms in total. The number of likely N-dealkylation sites (tertiary alicyclic amines) is 1. The second-order valence-electron chi connectivity index (χ2n) is 7.17. The lowest BCUT2D eigenvalue weighted by Crippen LogP contribution is -2.34. The Morgan fingerprint density at radius 3 is 2.43 bits per heavy atom. The SMILES string of the molecule is CC1CCN(Cc2ccc(NC(=O)C3CCNCC3)cc2)CC1. The molecule has 0 spiro atoms. The van der Waals surface area contributed by atoms with Crippen molar-refractivity contribution in [3.8, 4) is 0 Å². The van der Waals surface area contributed by atoms with Gasteiger partial charge in [0.05, 0.1) is 0 Å². The lowest BCUT2D eigenvalue weighted by molar-refractivity contribution is -0.120. The largest absolute Gasteiger partial charge is 0.326 e. The highest BCUT2D eigenvalue weighted by Crippen LogP contribution is 2.20. The van der Waals surface area contributed by atoms with E-state index in [9.17, 15) is 4.79 Å². The number of hydrogen-bond acceptors (Lipinski definition) is 3. The first-order valence-electron chi connectivity index (χ1n) is 9.03. The number of rotatable bonds is 4. The molecule has 3 rings (SSSR count). The Morgan fingerprint density at radius 2 is 1.78 bits per heavy atom. The molecule has 0 radical (unpaired) electrons. The third-order valence-corrected chi connectivity index (χ3v) is 5.21. The Kier molecular flexibility index (Phi) is 5.68. The Hall–Kier alpha value is -1.39. The van der Waals surface area contributed by atoms with Crippen LogP contribution in [0.4, 0.5) is 5.69 Å². The summed E-state index contributed by atoms with van der Waals surface area (Å²) in [5, 5.41) is 6.37. The van der Waals surface area contributed by atoms with Crippen LogP contribution in [0.2, 0.25) is 0 Å². The van der Waals surface area contributed by atoms with Gasteiger partial charge in [-0.1, -0.05) is 19.1 Å². The van der Waals surface area contributed by atoms with Crippen molar-refractivity contribution < 1.29 is 4.79 Å². The molecule has 1 aromatic carbocycles. The molecule has 1 amide bonds. The van der Waals surface area contributed by atoms with Crippen LogP contribution in [-0.2, 0) is 11.3 Å². The zero-order valence-corrected chi connectivity index (χ0v) is 14.2. The van der Waals surface area contributed by atoms with E-state index in [0.717, 1.165) is 44.1 Å². The van der Waals surface area contributed by atoms with Gasteiger partial charge >= 0.3 is 0 Å². The second-order valence-corrected chi connectivity index (χ2v) is 7.17. The Balaban J connectivity index is 1.49. The molecule has 2 aliphatic heterocycles. The zero-order chi connectivity index (χ0) is 16.1. The molecule has 2 aliphatic rings. The maximum absolute atomic E-state index is 12.3. The minimum Gasteiger partial charge on any atom is -0.326 e. The first kappa shape index (κ1) is 16.5. The average Bonchev–Trinajstić information content (AvgIpc) is 2.59. The minimum absolute atomic E-state index is 0.159. The number of amides is 1. The van der Waals surface area contributed by atoms with E-state index in [4.69, 9.17) is 0 Å². The Bertz CT molecular complexity index is 500. The lowest BCUT2D eigenvalue weighted by Gasteiger charge is -2.30. The van der Waals surface area contributed by atoms with E-state index in [-0.39, 0.29) is 11.8 Å². The van der Waals surface area contributed by atoms with E-state index in [2.05, 4.69) is 34.6 Å². The molecule has 0 aromatic heterocycles. The molecule has 2 fully saturated rings. The number of anilines is 1. The maximum Gasteiger partial charge on any atom is 0.227 e. The molecule has 2 saturated heterocycles. The Labute approximate surface area is 139 Å². The molecule has 126 valence electrons. The average molecular weight is 315 g/mol. The molecule has 23 heavy (non-hydrogen) atoms. The third-order valence-electron chi connectivity index (χ3n) is 5.21. The van der Waals surface area contributed by atoms with E-state index in [1.807, 2.05) is 12.1 Å². The van der Waals surface area contributed by atoms with E-state index < -0.39 is 0 Å². The number of piperidine rings is 2. The summed E-state index contributed by atoms with van der Waals surface area (Å²) in [6, 6.07) is 8.38. The molecule has 0 bridgehead atoms. The van der Waals surface area contributed by atoms with Crippen molar-refractivity contribution in [2.75, 3.05) is 31.5 Å². The van der Waals surface area contributed by atoms with E-state index in [0.29, 0.717) is 0 Å². The van der Waals surface area contributed by atoms with E-state index in [1.54, 1.807) is 0 Å². The van der Waals surface area contributed by atoms with Crippen molar-refractivity contribution in [1.82, 2.24) is 10.2 Å². The van der Waals surface area contributed by atoms with E-state index in [1.165, 1.54) is 31.5 Å². The van der Waals surface area contributed by atoms with Crippen LogP contribution in [0.15, 0.2) is 24.3 Å². The topological polar surface area (TPSA) is 44.4 Å². The second kappa shape index (κ2) is 7.93. The smallest absolute Gasteiger partial charge is 0.227 e. The van der Waals surface area contributed by atoms with Crippen LogP contribution in [0.5, 0.6) is 0 Å². The van der Waals surface area contributed by atoms with Crippen LogP contribution in [0.25, 0.3) is 0 Å². The van der Waals surface area contributed by atoms with Crippen LogP contribution in [0.1, 0.15) is 38.2 Å². The third kappa shape index (κ3) is 4.79. The fraction of sp³-hybridized carbons (Fsp3) is 0.632. The van der Waals surface area contributed by atoms with Crippen molar-refractivity contribution in [1.29, 1.82) is 0 Å². The molecule has 0 aliphatic carbocycles. The van der Waals surface area contributed by atoms with E-state index >= 15 is 0 Å². The molecule has 0 unspecified atom stereocenters. The van der Waals surface area contributed by atoms with Gasteiger partial charge in [0.2, 0.25) is 5.91 Å². The lowest BCUT2D eigenvalue weighted by atomic mass is 9.97. The summed E-state index contributed by atoms with van der Waals surface area (Å²) in [7, 11) is 0. The summed E-state index contributed by atoms with van der Waals surface area (Å²) in [5.41, 5.74) is 2.25. The summed E-state index contributed by atoms with van der Waals surface area (Å²) in [6.45, 7) is 7.67. The monoisotopic (exact) mass is 315 g/mol. The quantitative estimate of drug-likeness (QED) is 0.898. The number of carbonyl (C=O) groups is 1. The number of nitrogens with one attached hydrogen (secondary N) is 2. The first-order chi connectivity index (χ1) is 11.2. The number of nitrogens with zero attached hydrogens (tertiary/aromatic N) is 1. The highest BCUT2D eigenvalue weighted by atomic mass is 16.1. The van der Waals surface area contributed by atoms with Gasteiger partial charge in [-0.25, -0.2) is 0 Å².